The van der Waals surface area contributed by atoms with Crippen LogP contribution in [0.2, 0.25) is 0 Å². The van der Waals surface area contributed by atoms with E-state index in [9.17, 15) is 0 Å². The summed E-state index contributed by atoms with van der Waals surface area (Å²) in [5.74, 6) is 0. The molecule has 0 aliphatic heterocycles. The maximum atomic E-state index is 4.45. The van der Waals surface area contributed by atoms with Crippen molar-refractivity contribution in [1.29, 1.82) is 0 Å². The van der Waals surface area contributed by atoms with Gasteiger partial charge in [-0.3, -0.25) is 4.57 Å². The average molecular weight is 225 g/mol. The van der Waals surface area contributed by atoms with Crippen LogP contribution in [0.3, 0.4) is 0 Å². The number of allylic oxidation sites excluding steroid dienone is 4. The first-order valence-corrected chi connectivity index (χ1v) is 5.90. The second-order valence-corrected chi connectivity index (χ2v) is 4.18. The number of rotatable bonds is 2. The minimum Gasteiger partial charge on any atom is -0.388 e. The van der Waals surface area contributed by atoms with E-state index in [0.29, 0.717) is 0 Å². The van der Waals surface area contributed by atoms with E-state index in [1.165, 1.54) is 5.70 Å². The first kappa shape index (κ1) is 10.1. The molecule has 0 saturated heterocycles. The quantitative estimate of drug-likeness (QED) is 0.850. The molecule has 1 aromatic heterocycles. The predicted octanol–water partition coefficient (Wildman–Crippen LogP) is 3.27. The maximum absolute atomic E-state index is 4.45. The van der Waals surface area contributed by atoms with Gasteiger partial charge in [-0.15, -0.1) is 0 Å². The van der Waals surface area contributed by atoms with Crippen LogP contribution in [0, 0.1) is 0 Å². The lowest BCUT2D eigenvalue weighted by Gasteiger charge is -2.09. The Bertz CT molecular complexity index is 605. The molecule has 0 amide bonds. The lowest BCUT2D eigenvalue weighted by Crippen LogP contribution is -1.95. The van der Waals surface area contributed by atoms with Crippen molar-refractivity contribution in [2.45, 2.75) is 12.8 Å². The predicted molar refractivity (Wildman–Crippen MR) is 71.9 cm³/mol. The van der Waals surface area contributed by atoms with Crippen molar-refractivity contribution in [3.63, 3.8) is 0 Å². The molecule has 0 radical (unpaired) electrons. The SMILES string of the molecule is CNc1ccc2c(c1)ncn2C1=CCCC=C1. The fourth-order valence-corrected chi connectivity index (χ4v) is 2.15. The van der Waals surface area contributed by atoms with Gasteiger partial charge in [-0.1, -0.05) is 12.2 Å². The first-order valence-electron chi connectivity index (χ1n) is 5.90. The number of imidazole rings is 1. The third-order valence-electron chi connectivity index (χ3n) is 3.09. The summed E-state index contributed by atoms with van der Waals surface area (Å²) >= 11 is 0. The van der Waals surface area contributed by atoms with E-state index in [2.05, 4.69) is 51.3 Å². The van der Waals surface area contributed by atoms with Gasteiger partial charge in [-0.25, -0.2) is 4.98 Å². The molecule has 1 aromatic carbocycles. The zero-order valence-electron chi connectivity index (χ0n) is 9.85. The first-order chi connectivity index (χ1) is 8.38. The summed E-state index contributed by atoms with van der Waals surface area (Å²) in [5, 5.41) is 3.13. The van der Waals surface area contributed by atoms with Crippen LogP contribution in [0.5, 0.6) is 0 Å². The highest BCUT2D eigenvalue weighted by molar-refractivity contribution is 5.83. The molecule has 0 unspecified atom stereocenters. The third kappa shape index (κ3) is 1.73. The monoisotopic (exact) mass is 225 g/mol. The number of aromatic nitrogens is 2. The lowest BCUT2D eigenvalue weighted by atomic mass is 10.1. The molecule has 0 spiro atoms. The minimum atomic E-state index is 1.02. The van der Waals surface area contributed by atoms with Crippen molar-refractivity contribution < 1.29 is 0 Å². The number of nitrogens with zero attached hydrogens (tertiary/aromatic N) is 2. The van der Waals surface area contributed by atoms with Crippen LogP contribution in [0.1, 0.15) is 12.8 Å². The zero-order valence-corrected chi connectivity index (χ0v) is 9.85. The summed E-state index contributed by atoms with van der Waals surface area (Å²) in [7, 11) is 1.92. The molecule has 3 heteroatoms. The number of benzene rings is 1. The standard InChI is InChI=1S/C14H15N3/c1-15-11-7-8-14-13(9-11)16-10-17(14)12-5-3-2-4-6-12/h3,5-10,15H,2,4H2,1H3. The molecule has 0 saturated carbocycles. The molecule has 1 N–H and O–H groups in total. The molecule has 2 aromatic rings. The second-order valence-electron chi connectivity index (χ2n) is 4.18. The molecule has 86 valence electrons. The van der Waals surface area contributed by atoms with Crippen LogP contribution >= 0.6 is 0 Å². The van der Waals surface area contributed by atoms with Gasteiger partial charge in [0.15, 0.2) is 0 Å². The third-order valence-corrected chi connectivity index (χ3v) is 3.09. The summed E-state index contributed by atoms with van der Waals surface area (Å²) in [5.41, 5.74) is 4.49. The summed E-state index contributed by atoms with van der Waals surface area (Å²) in [4.78, 5) is 4.45. The Kier molecular flexibility index (Phi) is 2.44. The smallest absolute Gasteiger partial charge is 0.100 e. The molecule has 1 heterocycles. The fourth-order valence-electron chi connectivity index (χ4n) is 2.15. The van der Waals surface area contributed by atoms with Crippen LogP contribution in [0.4, 0.5) is 5.69 Å². The second kappa shape index (κ2) is 4.09. The Morgan fingerprint density at radius 1 is 1.29 bits per heavy atom. The van der Waals surface area contributed by atoms with E-state index in [4.69, 9.17) is 0 Å². The van der Waals surface area contributed by atoms with Gasteiger partial charge in [-0.05, 0) is 37.1 Å². The van der Waals surface area contributed by atoms with Crippen molar-refractivity contribution in [2.24, 2.45) is 0 Å². The summed E-state index contributed by atoms with van der Waals surface area (Å²) in [6.45, 7) is 0. The van der Waals surface area contributed by atoms with Crippen molar-refractivity contribution in [2.75, 3.05) is 12.4 Å². The Balaban J connectivity index is 2.12. The molecule has 0 atom stereocenters. The van der Waals surface area contributed by atoms with Gasteiger partial charge in [0.05, 0.1) is 11.0 Å². The number of nitrogens with one attached hydrogen (secondary N) is 1. The van der Waals surface area contributed by atoms with Crippen molar-refractivity contribution >= 4 is 22.4 Å². The van der Waals surface area contributed by atoms with E-state index in [0.717, 1.165) is 29.6 Å². The molecular formula is C14H15N3. The normalized spacial score (nSPS) is 15.0. The van der Waals surface area contributed by atoms with Crippen LogP contribution < -0.4 is 5.32 Å². The van der Waals surface area contributed by atoms with Crippen LogP contribution in [-0.4, -0.2) is 16.6 Å². The number of hydrogen-bond acceptors (Lipinski definition) is 2. The van der Waals surface area contributed by atoms with E-state index < -0.39 is 0 Å². The highest BCUT2D eigenvalue weighted by Gasteiger charge is 2.06. The molecule has 1 aliphatic rings. The van der Waals surface area contributed by atoms with E-state index in [1.54, 1.807) is 0 Å². The van der Waals surface area contributed by atoms with Gasteiger partial charge in [0.1, 0.15) is 6.33 Å². The molecular weight excluding hydrogens is 210 g/mol. The Morgan fingerprint density at radius 3 is 3.00 bits per heavy atom. The van der Waals surface area contributed by atoms with Gasteiger partial charge in [0, 0.05) is 18.4 Å². The fraction of sp³-hybridized carbons (Fsp3) is 0.214. The van der Waals surface area contributed by atoms with Crippen LogP contribution in [-0.2, 0) is 0 Å². The Hall–Kier alpha value is -2.03. The van der Waals surface area contributed by atoms with Crippen molar-refractivity contribution in [3.05, 3.63) is 42.8 Å². The summed E-state index contributed by atoms with van der Waals surface area (Å²) in [6, 6.07) is 6.25. The Labute approximate surface area is 100 Å². The maximum Gasteiger partial charge on any atom is 0.100 e. The topological polar surface area (TPSA) is 29.9 Å². The van der Waals surface area contributed by atoms with E-state index in [1.807, 2.05) is 13.4 Å². The molecule has 3 rings (SSSR count). The largest absolute Gasteiger partial charge is 0.388 e. The number of fused-ring (bicyclic) bond motifs is 1. The van der Waals surface area contributed by atoms with Gasteiger partial charge >= 0.3 is 0 Å². The average Bonchev–Trinajstić information content (AvgIpc) is 2.82. The van der Waals surface area contributed by atoms with Crippen LogP contribution in [0.25, 0.3) is 16.7 Å². The lowest BCUT2D eigenvalue weighted by molar-refractivity contribution is 1.01. The van der Waals surface area contributed by atoms with Gasteiger partial charge in [0.25, 0.3) is 0 Å². The van der Waals surface area contributed by atoms with E-state index >= 15 is 0 Å². The molecule has 17 heavy (non-hydrogen) atoms. The summed E-state index contributed by atoms with van der Waals surface area (Å²) < 4.78 is 2.14. The molecule has 1 aliphatic carbocycles. The van der Waals surface area contributed by atoms with Crippen molar-refractivity contribution in [3.8, 4) is 0 Å². The highest BCUT2D eigenvalue weighted by atomic mass is 15.1. The highest BCUT2D eigenvalue weighted by Crippen LogP contribution is 2.23. The molecule has 0 fully saturated rings. The van der Waals surface area contributed by atoms with E-state index in [-0.39, 0.29) is 0 Å². The molecule has 0 bridgehead atoms. The van der Waals surface area contributed by atoms with Gasteiger partial charge in [0.2, 0.25) is 0 Å². The Morgan fingerprint density at radius 2 is 2.24 bits per heavy atom. The molecule has 3 nitrogen and oxygen atoms in total. The minimum absolute atomic E-state index is 1.02. The summed E-state index contributed by atoms with van der Waals surface area (Å²) in [6.07, 6.45) is 10.8. The van der Waals surface area contributed by atoms with Crippen LogP contribution in [0.15, 0.2) is 42.8 Å². The van der Waals surface area contributed by atoms with Gasteiger partial charge < -0.3 is 5.32 Å². The zero-order chi connectivity index (χ0) is 11.7. The van der Waals surface area contributed by atoms with Gasteiger partial charge in [-0.2, -0.15) is 0 Å². The number of hydrogen-bond donors (Lipinski definition) is 1. The van der Waals surface area contributed by atoms with Crippen molar-refractivity contribution in [1.82, 2.24) is 9.55 Å². The number of anilines is 1.